The minimum atomic E-state index is 0.204. The van der Waals surface area contributed by atoms with Crippen molar-refractivity contribution in [3.8, 4) is 0 Å². The van der Waals surface area contributed by atoms with Crippen molar-refractivity contribution < 1.29 is 9.42 Å². The van der Waals surface area contributed by atoms with Gasteiger partial charge in [0.25, 0.3) is 0 Å². The molecule has 3 aliphatic rings. The number of fused-ring (bicyclic) bond motifs is 1. The summed E-state index contributed by atoms with van der Waals surface area (Å²) in [7, 11) is 0. The van der Waals surface area contributed by atoms with Crippen molar-refractivity contribution in [1.29, 1.82) is 0 Å². The van der Waals surface area contributed by atoms with E-state index >= 15 is 0 Å². The molecular weight excluding hydrogens is 276 g/mol. The van der Waals surface area contributed by atoms with Crippen molar-refractivity contribution in [2.45, 2.75) is 31.7 Å². The standard InChI is InChI=1S/C17H22N4O/c18-21-15-7-3-4-8-16(21)17(15)19-13-5-1-2-6-14(13)20-9-11-22-12-10-20/h1-2,5-6,15,18H,3-4,7-12H2. The quantitative estimate of drug-likeness (QED) is 0.788. The number of hydrogen-bond acceptors (Lipinski definition) is 3. The Morgan fingerprint density at radius 1 is 1.18 bits per heavy atom. The molecule has 1 aromatic carbocycles. The zero-order valence-electron chi connectivity index (χ0n) is 12.8. The van der Waals surface area contributed by atoms with Gasteiger partial charge in [0.15, 0.2) is 11.8 Å². The van der Waals surface area contributed by atoms with Crippen LogP contribution in [-0.2, 0) is 4.74 Å². The van der Waals surface area contributed by atoms with Crippen LogP contribution in [0.4, 0.5) is 11.4 Å². The zero-order chi connectivity index (χ0) is 14.9. The Labute approximate surface area is 131 Å². The number of hydrogen-bond donors (Lipinski definition) is 0. The number of morpholine rings is 1. The van der Waals surface area contributed by atoms with Gasteiger partial charge in [0, 0.05) is 25.9 Å². The molecule has 5 nitrogen and oxygen atoms in total. The Morgan fingerprint density at radius 2 is 2.00 bits per heavy atom. The molecule has 1 atom stereocenters. The molecule has 2 bridgehead atoms. The summed E-state index contributed by atoms with van der Waals surface area (Å²) in [5.74, 6) is 8.10. The van der Waals surface area contributed by atoms with E-state index in [0.29, 0.717) is 0 Å². The lowest BCUT2D eigenvalue weighted by molar-refractivity contribution is -0.496. The van der Waals surface area contributed by atoms with Crippen LogP contribution in [0, 0.1) is 0 Å². The minimum Gasteiger partial charge on any atom is -0.454 e. The van der Waals surface area contributed by atoms with Crippen molar-refractivity contribution in [1.82, 2.24) is 0 Å². The lowest BCUT2D eigenvalue weighted by Crippen LogP contribution is -2.49. The summed E-state index contributed by atoms with van der Waals surface area (Å²) in [6.07, 6.45) is 4.45. The van der Waals surface area contributed by atoms with Crippen LogP contribution in [0.3, 0.4) is 0 Å². The predicted molar refractivity (Wildman–Crippen MR) is 88.4 cm³/mol. The Morgan fingerprint density at radius 3 is 2.86 bits per heavy atom. The van der Waals surface area contributed by atoms with E-state index in [1.54, 1.807) is 4.68 Å². The van der Waals surface area contributed by atoms with Crippen LogP contribution < -0.4 is 4.90 Å². The maximum Gasteiger partial charge on any atom is 0.200 e. The molecule has 116 valence electrons. The smallest absolute Gasteiger partial charge is 0.200 e. The van der Waals surface area contributed by atoms with E-state index in [4.69, 9.17) is 15.6 Å². The van der Waals surface area contributed by atoms with Crippen molar-refractivity contribution in [2.75, 3.05) is 31.2 Å². The molecule has 22 heavy (non-hydrogen) atoms. The summed E-state index contributed by atoms with van der Waals surface area (Å²) in [4.78, 5) is 7.33. The molecule has 1 unspecified atom stereocenters. The van der Waals surface area contributed by atoms with Gasteiger partial charge in [-0.25, -0.2) is 4.99 Å². The average molecular weight is 298 g/mol. The molecule has 1 fully saturated rings. The Kier molecular flexibility index (Phi) is 3.58. The molecule has 1 N–H and O–H groups in total. The molecule has 5 heteroatoms. The van der Waals surface area contributed by atoms with Crippen LogP contribution in [0.5, 0.6) is 0 Å². The monoisotopic (exact) mass is 298 g/mol. The maximum atomic E-state index is 8.10. The highest BCUT2D eigenvalue weighted by molar-refractivity contribution is 6.45. The lowest BCUT2D eigenvalue weighted by atomic mass is 9.97. The van der Waals surface area contributed by atoms with E-state index in [-0.39, 0.29) is 6.04 Å². The van der Waals surface area contributed by atoms with Crippen LogP contribution in [0.2, 0.25) is 0 Å². The van der Waals surface area contributed by atoms with Gasteiger partial charge >= 0.3 is 0 Å². The molecule has 0 radical (unpaired) electrons. The second-order valence-corrected chi connectivity index (χ2v) is 6.16. The molecule has 0 aromatic heterocycles. The predicted octanol–water partition coefficient (Wildman–Crippen LogP) is 2.97. The molecular formula is C17H22N4O. The van der Waals surface area contributed by atoms with Crippen molar-refractivity contribution in [2.24, 2.45) is 4.99 Å². The van der Waals surface area contributed by atoms with Crippen LogP contribution >= 0.6 is 0 Å². The van der Waals surface area contributed by atoms with Gasteiger partial charge in [0.2, 0.25) is 5.71 Å². The summed E-state index contributed by atoms with van der Waals surface area (Å²) in [5, 5.41) is 0. The molecule has 1 saturated heterocycles. The van der Waals surface area contributed by atoms with Gasteiger partial charge in [0.05, 0.1) is 24.6 Å². The van der Waals surface area contributed by atoms with Crippen LogP contribution in [-0.4, -0.2) is 48.5 Å². The fraction of sp³-hybridized carbons (Fsp3) is 0.529. The lowest BCUT2D eigenvalue weighted by Gasteiger charge is -2.31. The Balaban J connectivity index is 1.68. The summed E-state index contributed by atoms with van der Waals surface area (Å²) in [6.45, 7) is 3.41. The highest BCUT2D eigenvalue weighted by atomic mass is 16.5. The van der Waals surface area contributed by atoms with Gasteiger partial charge in [0.1, 0.15) is 0 Å². The van der Waals surface area contributed by atoms with Crippen molar-refractivity contribution >= 4 is 22.8 Å². The summed E-state index contributed by atoms with van der Waals surface area (Å²) >= 11 is 0. The summed E-state index contributed by atoms with van der Waals surface area (Å²) in [5.41, 5.74) is 4.50. The van der Waals surface area contributed by atoms with Gasteiger partial charge in [-0.15, -0.1) is 0 Å². The molecule has 0 saturated carbocycles. The second kappa shape index (κ2) is 5.72. The van der Waals surface area contributed by atoms with Crippen molar-refractivity contribution in [3.05, 3.63) is 30.1 Å². The number of aliphatic imine (C=N–C) groups is 1. The third kappa shape index (κ3) is 2.29. The van der Waals surface area contributed by atoms with E-state index in [1.807, 2.05) is 0 Å². The van der Waals surface area contributed by atoms with Crippen molar-refractivity contribution in [3.63, 3.8) is 0 Å². The molecule has 0 aliphatic carbocycles. The number of nitrogens with zero attached hydrogens (tertiary/aromatic N) is 3. The third-order valence-corrected chi connectivity index (χ3v) is 4.83. The number of rotatable bonds is 2. The highest BCUT2D eigenvalue weighted by Crippen LogP contribution is 2.33. The fourth-order valence-electron chi connectivity index (χ4n) is 3.60. The van der Waals surface area contributed by atoms with Gasteiger partial charge < -0.3 is 15.5 Å². The number of benzene rings is 1. The molecule has 3 heterocycles. The largest absolute Gasteiger partial charge is 0.454 e. The Hall–Kier alpha value is -1.88. The molecule has 4 rings (SSSR count). The number of para-hydroxylation sites is 2. The van der Waals surface area contributed by atoms with E-state index in [9.17, 15) is 0 Å². The number of anilines is 1. The molecule has 0 amide bonds. The molecule has 3 aliphatic heterocycles. The Bertz CT molecular complexity index is 631. The first-order chi connectivity index (χ1) is 10.8. The van der Waals surface area contributed by atoms with Gasteiger partial charge in [-0.1, -0.05) is 12.1 Å². The second-order valence-electron chi connectivity index (χ2n) is 6.16. The van der Waals surface area contributed by atoms with Crippen LogP contribution in [0.25, 0.3) is 5.84 Å². The zero-order valence-corrected chi connectivity index (χ0v) is 12.8. The van der Waals surface area contributed by atoms with E-state index < -0.39 is 0 Å². The molecule has 1 aromatic rings. The van der Waals surface area contributed by atoms with Crippen LogP contribution in [0.1, 0.15) is 25.7 Å². The number of ether oxygens (including phenoxy) is 1. The van der Waals surface area contributed by atoms with E-state index in [2.05, 4.69) is 29.2 Å². The first-order valence-electron chi connectivity index (χ1n) is 8.21. The summed E-state index contributed by atoms with van der Waals surface area (Å²) in [6, 6.07) is 8.57. The third-order valence-electron chi connectivity index (χ3n) is 4.83. The normalized spacial score (nSPS) is 26.8. The first kappa shape index (κ1) is 13.8. The molecule has 0 spiro atoms. The highest BCUT2D eigenvalue weighted by Gasteiger charge is 2.42. The van der Waals surface area contributed by atoms with E-state index in [0.717, 1.165) is 56.3 Å². The average Bonchev–Trinajstić information content (AvgIpc) is 2.91. The number of nitrogens with one attached hydrogen (secondary N) is 1. The van der Waals surface area contributed by atoms with Gasteiger partial charge in [-0.05, 0) is 25.0 Å². The topological polar surface area (TPSA) is 51.6 Å². The van der Waals surface area contributed by atoms with Crippen LogP contribution in [0.15, 0.2) is 29.3 Å². The van der Waals surface area contributed by atoms with Gasteiger partial charge in [-0.3, -0.25) is 4.68 Å². The first-order valence-corrected chi connectivity index (χ1v) is 8.21. The van der Waals surface area contributed by atoms with E-state index in [1.165, 1.54) is 18.5 Å². The fourth-order valence-corrected chi connectivity index (χ4v) is 3.60. The minimum absolute atomic E-state index is 0.204. The summed E-state index contributed by atoms with van der Waals surface area (Å²) < 4.78 is 7.14. The maximum absolute atomic E-state index is 8.10. The van der Waals surface area contributed by atoms with Gasteiger partial charge in [-0.2, -0.15) is 0 Å². The SMILES string of the molecule is [NH-][N+]1=C2CCCCC1C2=Nc1ccccc1N1CCOCC1.